The maximum absolute atomic E-state index is 12.5. The summed E-state index contributed by atoms with van der Waals surface area (Å²) in [5, 5.41) is 2.85. The van der Waals surface area contributed by atoms with Crippen molar-refractivity contribution in [2.45, 2.75) is 12.8 Å². The van der Waals surface area contributed by atoms with E-state index in [1.807, 2.05) is 30.3 Å². The Bertz CT molecular complexity index is 714. The van der Waals surface area contributed by atoms with E-state index in [1.54, 1.807) is 12.0 Å². The second kappa shape index (κ2) is 7.36. The molecule has 0 atom stereocenters. The molecule has 0 unspecified atom stereocenters. The number of ether oxygens (including phenoxy) is 1. The summed E-state index contributed by atoms with van der Waals surface area (Å²) in [5.41, 5.74) is 0.886. The van der Waals surface area contributed by atoms with Gasteiger partial charge in [0.05, 0.1) is 12.0 Å². The van der Waals surface area contributed by atoms with Crippen LogP contribution in [0.2, 0.25) is 0 Å². The minimum absolute atomic E-state index is 0.0763. The Balaban J connectivity index is 1.62. The molecule has 0 bridgehead atoms. The number of hydrogen-bond acceptors (Lipinski definition) is 5. The minimum Gasteiger partial charge on any atom is -0.497 e. The number of methoxy groups -OCH3 is 1. The number of carbonyl (C=O) groups is 2. The second-order valence-corrected chi connectivity index (χ2v) is 7.35. The first-order valence-corrected chi connectivity index (χ1v) is 8.98. The van der Waals surface area contributed by atoms with Crippen molar-refractivity contribution < 1.29 is 14.3 Å². The van der Waals surface area contributed by atoms with Crippen molar-refractivity contribution in [3.05, 3.63) is 34.7 Å². The molecular formula is C17H18N2O3S2. The largest absolute Gasteiger partial charge is 0.497 e. The zero-order valence-electron chi connectivity index (χ0n) is 13.3. The number of rotatable bonds is 6. The van der Waals surface area contributed by atoms with Gasteiger partial charge in [-0.2, -0.15) is 0 Å². The molecule has 1 heterocycles. The fourth-order valence-corrected chi connectivity index (χ4v) is 3.66. The highest BCUT2D eigenvalue weighted by molar-refractivity contribution is 8.26. The molecule has 2 fully saturated rings. The zero-order valence-corrected chi connectivity index (χ0v) is 14.9. The minimum atomic E-state index is -0.117. The normalized spacial score (nSPS) is 19.0. The molecule has 1 N–H and O–H groups in total. The highest BCUT2D eigenvalue weighted by Gasteiger charge is 2.33. The van der Waals surface area contributed by atoms with E-state index in [4.69, 9.17) is 17.0 Å². The summed E-state index contributed by atoms with van der Waals surface area (Å²) < 4.78 is 5.71. The van der Waals surface area contributed by atoms with Gasteiger partial charge in [0.2, 0.25) is 5.91 Å². The molecule has 1 aromatic carbocycles. The van der Waals surface area contributed by atoms with Crippen LogP contribution in [-0.4, -0.2) is 41.2 Å². The van der Waals surface area contributed by atoms with Crippen molar-refractivity contribution in [3.63, 3.8) is 0 Å². The van der Waals surface area contributed by atoms with Gasteiger partial charge in [-0.1, -0.05) is 36.1 Å². The van der Waals surface area contributed by atoms with E-state index in [-0.39, 0.29) is 17.7 Å². The summed E-state index contributed by atoms with van der Waals surface area (Å²) in [4.78, 5) is 26.3. The fourth-order valence-electron chi connectivity index (χ4n) is 2.36. The van der Waals surface area contributed by atoms with Crippen LogP contribution >= 0.6 is 24.0 Å². The van der Waals surface area contributed by atoms with E-state index in [1.165, 1.54) is 11.8 Å². The molecule has 1 saturated heterocycles. The van der Waals surface area contributed by atoms with Crippen molar-refractivity contribution in [2.24, 2.45) is 5.92 Å². The third-order valence-corrected chi connectivity index (χ3v) is 5.23. The van der Waals surface area contributed by atoms with Gasteiger partial charge in [0, 0.05) is 19.0 Å². The number of carbonyl (C=O) groups excluding carboxylic acids is 2. The third-order valence-electron chi connectivity index (χ3n) is 3.85. The molecule has 5 nitrogen and oxygen atoms in total. The molecule has 3 rings (SSSR count). The Morgan fingerprint density at radius 3 is 3.00 bits per heavy atom. The number of nitrogens with one attached hydrogen (secondary N) is 1. The first-order valence-electron chi connectivity index (χ1n) is 7.75. The molecule has 126 valence electrons. The van der Waals surface area contributed by atoms with E-state index in [0.29, 0.717) is 22.3 Å². The van der Waals surface area contributed by atoms with Crippen LogP contribution in [0.15, 0.2) is 29.2 Å². The lowest BCUT2D eigenvalue weighted by molar-refractivity contribution is -0.124. The molecule has 0 spiro atoms. The van der Waals surface area contributed by atoms with Gasteiger partial charge in [0.1, 0.15) is 10.1 Å². The van der Waals surface area contributed by atoms with Gasteiger partial charge in [-0.3, -0.25) is 14.5 Å². The average molecular weight is 362 g/mol. The second-order valence-electron chi connectivity index (χ2n) is 5.68. The smallest absolute Gasteiger partial charge is 0.266 e. The van der Waals surface area contributed by atoms with Gasteiger partial charge >= 0.3 is 0 Å². The fraction of sp³-hybridized carbons (Fsp3) is 0.353. The number of benzene rings is 1. The van der Waals surface area contributed by atoms with Crippen LogP contribution in [0, 0.1) is 5.92 Å². The molecule has 1 saturated carbocycles. The molecule has 0 aromatic heterocycles. The Morgan fingerprint density at radius 2 is 2.29 bits per heavy atom. The molecule has 2 aliphatic rings. The van der Waals surface area contributed by atoms with Crippen molar-refractivity contribution in [2.75, 3.05) is 20.2 Å². The Hall–Kier alpha value is -1.86. The summed E-state index contributed by atoms with van der Waals surface area (Å²) in [6.07, 6.45) is 3.75. The number of hydrogen-bond donors (Lipinski definition) is 1. The Kier molecular flexibility index (Phi) is 5.20. The lowest BCUT2D eigenvalue weighted by Crippen LogP contribution is -2.37. The van der Waals surface area contributed by atoms with Crippen LogP contribution in [0.5, 0.6) is 5.75 Å². The predicted octanol–water partition coefficient (Wildman–Crippen LogP) is 2.42. The summed E-state index contributed by atoms with van der Waals surface area (Å²) in [6.45, 7) is 0.826. The van der Waals surface area contributed by atoms with E-state index in [0.717, 1.165) is 24.2 Å². The van der Waals surface area contributed by atoms with Gasteiger partial charge in [-0.25, -0.2) is 0 Å². The number of thiocarbonyl (C=S) groups is 1. The van der Waals surface area contributed by atoms with Crippen LogP contribution in [0.3, 0.4) is 0 Å². The number of thioether (sulfide) groups is 1. The highest BCUT2D eigenvalue weighted by atomic mass is 32.2. The van der Waals surface area contributed by atoms with Crippen molar-refractivity contribution >= 4 is 46.2 Å². The summed E-state index contributed by atoms with van der Waals surface area (Å²) in [7, 11) is 1.61. The van der Waals surface area contributed by atoms with Crippen LogP contribution < -0.4 is 10.1 Å². The SMILES string of the molecule is COc1cccc(/C=C2/SC(=S)N(CCNC(=O)C3CC3)C2=O)c1. The number of amides is 2. The van der Waals surface area contributed by atoms with E-state index in [2.05, 4.69) is 5.32 Å². The van der Waals surface area contributed by atoms with Crippen molar-refractivity contribution in [1.82, 2.24) is 10.2 Å². The lowest BCUT2D eigenvalue weighted by atomic mass is 10.2. The molecule has 2 amide bonds. The molecular weight excluding hydrogens is 344 g/mol. The molecule has 24 heavy (non-hydrogen) atoms. The van der Waals surface area contributed by atoms with Crippen LogP contribution in [0.25, 0.3) is 6.08 Å². The zero-order chi connectivity index (χ0) is 17.1. The average Bonchev–Trinajstić information content (AvgIpc) is 3.39. The molecule has 7 heteroatoms. The molecule has 1 aliphatic carbocycles. The molecule has 1 aliphatic heterocycles. The quantitative estimate of drug-likeness (QED) is 0.622. The van der Waals surface area contributed by atoms with Gasteiger partial charge in [-0.15, -0.1) is 0 Å². The topological polar surface area (TPSA) is 58.6 Å². The van der Waals surface area contributed by atoms with Crippen LogP contribution in [-0.2, 0) is 9.59 Å². The van der Waals surface area contributed by atoms with E-state index < -0.39 is 0 Å². The van der Waals surface area contributed by atoms with Crippen LogP contribution in [0.1, 0.15) is 18.4 Å². The van der Waals surface area contributed by atoms with Crippen LogP contribution in [0.4, 0.5) is 0 Å². The van der Waals surface area contributed by atoms with E-state index >= 15 is 0 Å². The first-order chi connectivity index (χ1) is 11.6. The van der Waals surface area contributed by atoms with Gasteiger partial charge < -0.3 is 10.1 Å². The van der Waals surface area contributed by atoms with Gasteiger partial charge in [-0.05, 0) is 36.6 Å². The molecule has 0 radical (unpaired) electrons. The van der Waals surface area contributed by atoms with Gasteiger partial charge in [0.15, 0.2) is 0 Å². The summed E-state index contributed by atoms with van der Waals surface area (Å²) >= 11 is 6.58. The summed E-state index contributed by atoms with van der Waals surface area (Å²) in [5.74, 6) is 0.868. The first kappa shape index (κ1) is 17.0. The van der Waals surface area contributed by atoms with Gasteiger partial charge in [0.25, 0.3) is 5.91 Å². The highest BCUT2D eigenvalue weighted by Crippen LogP contribution is 2.33. The maximum Gasteiger partial charge on any atom is 0.266 e. The third kappa shape index (κ3) is 3.96. The molecule has 1 aromatic rings. The predicted molar refractivity (Wildman–Crippen MR) is 98.6 cm³/mol. The number of nitrogens with zero attached hydrogens (tertiary/aromatic N) is 1. The Morgan fingerprint density at radius 1 is 1.50 bits per heavy atom. The maximum atomic E-state index is 12.5. The summed E-state index contributed by atoms with van der Waals surface area (Å²) in [6, 6.07) is 7.50. The van der Waals surface area contributed by atoms with Crippen molar-refractivity contribution in [3.8, 4) is 5.75 Å². The van der Waals surface area contributed by atoms with Crippen molar-refractivity contribution in [1.29, 1.82) is 0 Å². The standard InChI is InChI=1S/C17H18N2O3S2/c1-22-13-4-2-3-11(9-13)10-14-16(21)19(17(23)24-14)8-7-18-15(20)12-5-6-12/h2-4,9-10,12H,5-8H2,1H3,(H,18,20)/b14-10+. The van der Waals surface area contributed by atoms with E-state index in [9.17, 15) is 9.59 Å². The lowest BCUT2D eigenvalue weighted by Gasteiger charge is -2.14. The monoisotopic (exact) mass is 362 g/mol. The Labute approximate surface area is 150 Å².